The molecule has 0 atom stereocenters. The smallest absolute Gasteiger partial charge is 0.262 e. The standard InChI is InChI=1S/C20H18N2O6S/c23-13-15-5-1-2-9-19(15)28-14-20(24)22-16-6-3-8-18(11-16)29(25,26)21-12-17-7-4-10-27-17/h1-11,13,21H,12,14H2,(H,22,24). The molecule has 1 amide bonds. The summed E-state index contributed by atoms with van der Waals surface area (Å²) in [4.78, 5) is 23.1. The molecule has 0 bridgehead atoms. The second-order valence-electron chi connectivity index (χ2n) is 5.92. The first-order valence-corrected chi connectivity index (χ1v) is 10.1. The highest BCUT2D eigenvalue weighted by molar-refractivity contribution is 7.89. The first-order valence-electron chi connectivity index (χ1n) is 8.57. The highest BCUT2D eigenvalue weighted by atomic mass is 32.2. The van der Waals surface area contributed by atoms with Gasteiger partial charge >= 0.3 is 0 Å². The third-order valence-electron chi connectivity index (χ3n) is 3.85. The molecule has 1 aromatic heterocycles. The maximum atomic E-state index is 12.4. The van der Waals surface area contributed by atoms with E-state index >= 15 is 0 Å². The Kier molecular flexibility index (Phi) is 6.43. The van der Waals surface area contributed by atoms with Gasteiger partial charge in [0.15, 0.2) is 12.9 Å². The van der Waals surface area contributed by atoms with Gasteiger partial charge in [-0.3, -0.25) is 9.59 Å². The quantitative estimate of drug-likeness (QED) is 0.520. The van der Waals surface area contributed by atoms with Gasteiger partial charge in [0.1, 0.15) is 11.5 Å². The highest BCUT2D eigenvalue weighted by Gasteiger charge is 2.15. The number of rotatable bonds is 9. The van der Waals surface area contributed by atoms with Gasteiger partial charge in [0.25, 0.3) is 5.91 Å². The first kappa shape index (κ1) is 20.3. The van der Waals surface area contributed by atoms with Crippen molar-refractivity contribution in [2.75, 3.05) is 11.9 Å². The van der Waals surface area contributed by atoms with E-state index in [0.717, 1.165) is 0 Å². The second kappa shape index (κ2) is 9.18. The second-order valence-corrected chi connectivity index (χ2v) is 7.69. The fraction of sp³-hybridized carbons (Fsp3) is 0.100. The summed E-state index contributed by atoms with van der Waals surface area (Å²) in [6.45, 7) is -0.325. The maximum absolute atomic E-state index is 12.4. The Morgan fingerprint density at radius 2 is 1.90 bits per heavy atom. The van der Waals surface area contributed by atoms with Crippen molar-refractivity contribution in [3.05, 3.63) is 78.3 Å². The average Bonchev–Trinajstić information content (AvgIpc) is 3.25. The minimum atomic E-state index is -3.79. The molecule has 0 spiro atoms. The number of benzene rings is 2. The third-order valence-corrected chi connectivity index (χ3v) is 5.25. The summed E-state index contributed by atoms with van der Waals surface area (Å²) in [5, 5.41) is 2.57. The molecule has 0 aliphatic rings. The fourth-order valence-corrected chi connectivity index (χ4v) is 3.49. The van der Waals surface area contributed by atoms with Crippen LogP contribution in [0.5, 0.6) is 5.75 Å². The molecule has 0 aliphatic heterocycles. The molecule has 3 aromatic rings. The minimum absolute atomic E-state index is 0.00549. The Bertz CT molecular complexity index is 1090. The number of sulfonamides is 1. The predicted molar refractivity (Wildman–Crippen MR) is 105 cm³/mol. The van der Waals surface area contributed by atoms with Crippen molar-refractivity contribution in [2.24, 2.45) is 0 Å². The summed E-state index contributed by atoms with van der Waals surface area (Å²) < 4.78 is 37.7. The van der Waals surface area contributed by atoms with Gasteiger partial charge in [-0.15, -0.1) is 0 Å². The van der Waals surface area contributed by atoms with Gasteiger partial charge in [0, 0.05) is 5.69 Å². The Morgan fingerprint density at radius 3 is 2.66 bits per heavy atom. The molecular formula is C20H18N2O6S. The third kappa shape index (κ3) is 5.53. The van der Waals surface area contributed by atoms with E-state index in [-0.39, 0.29) is 23.8 Å². The van der Waals surface area contributed by atoms with Crippen molar-refractivity contribution in [3.63, 3.8) is 0 Å². The molecule has 0 fully saturated rings. The Hall–Kier alpha value is -3.43. The van der Waals surface area contributed by atoms with Crippen molar-refractivity contribution >= 4 is 27.9 Å². The zero-order valence-corrected chi connectivity index (χ0v) is 16.0. The van der Waals surface area contributed by atoms with Crippen LogP contribution in [0.3, 0.4) is 0 Å². The number of amides is 1. The number of carbonyl (C=O) groups is 2. The normalized spacial score (nSPS) is 11.0. The summed E-state index contributed by atoms with van der Waals surface area (Å²) in [6.07, 6.45) is 2.09. The van der Waals surface area contributed by atoms with E-state index in [2.05, 4.69) is 10.0 Å². The van der Waals surface area contributed by atoms with Crippen LogP contribution in [0.1, 0.15) is 16.1 Å². The molecule has 3 rings (SSSR count). The van der Waals surface area contributed by atoms with Crippen LogP contribution < -0.4 is 14.8 Å². The van der Waals surface area contributed by atoms with E-state index in [0.29, 0.717) is 23.3 Å². The minimum Gasteiger partial charge on any atom is -0.483 e. The summed E-state index contributed by atoms with van der Waals surface area (Å²) in [7, 11) is -3.79. The van der Waals surface area contributed by atoms with Crippen LogP contribution in [-0.4, -0.2) is 27.2 Å². The Morgan fingerprint density at radius 1 is 1.07 bits per heavy atom. The van der Waals surface area contributed by atoms with E-state index < -0.39 is 15.9 Å². The molecule has 29 heavy (non-hydrogen) atoms. The topological polar surface area (TPSA) is 115 Å². The lowest BCUT2D eigenvalue weighted by Crippen LogP contribution is -2.24. The number of aldehydes is 1. The maximum Gasteiger partial charge on any atom is 0.262 e. The molecular weight excluding hydrogens is 396 g/mol. The summed E-state index contributed by atoms with van der Waals surface area (Å²) in [5.74, 6) is 0.269. The van der Waals surface area contributed by atoms with Gasteiger partial charge in [-0.1, -0.05) is 18.2 Å². The number of hydrogen-bond acceptors (Lipinski definition) is 6. The highest BCUT2D eigenvalue weighted by Crippen LogP contribution is 2.17. The molecule has 0 saturated heterocycles. The summed E-state index contributed by atoms with van der Waals surface area (Å²) in [5.41, 5.74) is 0.624. The molecule has 0 aliphatic carbocycles. The molecule has 0 saturated carbocycles. The number of anilines is 1. The summed E-state index contributed by atoms with van der Waals surface area (Å²) >= 11 is 0. The Labute approximate surface area is 167 Å². The predicted octanol–water partition coefficient (Wildman–Crippen LogP) is 2.59. The van der Waals surface area contributed by atoms with Gasteiger partial charge in [-0.05, 0) is 42.5 Å². The molecule has 9 heteroatoms. The monoisotopic (exact) mass is 414 g/mol. The molecule has 2 N–H and O–H groups in total. The number of ether oxygens (including phenoxy) is 1. The van der Waals surface area contributed by atoms with Crippen molar-refractivity contribution in [2.45, 2.75) is 11.4 Å². The van der Waals surface area contributed by atoms with Crippen LogP contribution in [0, 0.1) is 0 Å². The number of carbonyl (C=O) groups excluding carboxylic acids is 2. The van der Waals surface area contributed by atoms with Crippen molar-refractivity contribution in [1.29, 1.82) is 0 Å². The van der Waals surface area contributed by atoms with Crippen LogP contribution in [0.15, 0.2) is 76.2 Å². The zero-order valence-electron chi connectivity index (χ0n) is 15.2. The van der Waals surface area contributed by atoms with Crippen LogP contribution in [0.4, 0.5) is 5.69 Å². The van der Waals surface area contributed by atoms with Gasteiger partial charge in [0.05, 0.1) is 23.3 Å². The molecule has 150 valence electrons. The van der Waals surface area contributed by atoms with Gasteiger partial charge in [-0.25, -0.2) is 13.1 Å². The van der Waals surface area contributed by atoms with E-state index in [4.69, 9.17) is 9.15 Å². The fourth-order valence-electron chi connectivity index (χ4n) is 2.45. The molecule has 0 radical (unpaired) electrons. The van der Waals surface area contributed by atoms with E-state index in [9.17, 15) is 18.0 Å². The van der Waals surface area contributed by atoms with Crippen LogP contribution in [0.2, 0.25) is 0 Å². The molecule has 8 nitrogen and oxygen atoms in total. The zero-order chi connectivity index (χ0) is 20.7. The lowest BCUT2D eigenvalue weighted by molar-refractivity contribution is -0.118. The number of hydrogen-bond donors (Lipinski definition) is 2. The average molecular weight is 414 g/mol. The van der Waals surface area contributed by atoms with Crippen LogP contribution >= 0.6 is 0 Å². The van der Waals surface area contributed by atoms with E-state index in [1.165, 1.54) is 24.5 Å². The van der Waals surface area contributed by atoms with E-state index in [1.54, 1.807) is 42.5 Å². The van der Waals surface area contributed by atoms with Crippen molar-refractivity contribution < 1.29 is 27.2 Å². The van der Waals surface area contributed by atoms with Crippen LogP contribution in [0.25, 0.3) is 0 Å². The van der Waals surface area contributed by atoms with Gasteiger partial charge in [0.2, 0.25) is 10.0 Å². The number of para-hydroxylation sites is 1. The first-order chi connectivity index (χ1) is 14.0. The molecule has 1 heterocycles. The Balaban J connectivity index is 1.61. The molecule has 0 unspecified atom stereocenters. The van der Waals surface area contributed by atoms with Gasteiger partial charge in [-0.2, -0.15) is 0 Å². The van der Waals surface area contributed by atoms with Crippen molar-refractivity contribution in [3.8, 4) is 5.75 Å². The number of furan rings is 1. The van der Waals surface area contributed by atoms with Gasteiger partial charge < -0.3 is 14.5 Å². The van der Waals surface area contributed by atoms with Crippen LogP contribution in [-0.2, 0) is 21.4 Å². The van der Waals surface area contributed by atoms with E-state index in [1.807, 2.05) is 0 Å². The SMILES string of the molecule is O=Cc1ccccc1OCC(=O)Nc1cccc(S(=O)(=O)NCc2ccco2)c1. The lowest BCUT2D eigenvalue weighted by Gasteiger charge is -2.10. The van der Waals surface area contributed by atoms with Crippen molar-refractivity contribution in [1.82, 2.24) is 4.72 Å². The number of nitrogens with one attached hydrogen (secondary N) is 2. The largest absolute Gasteiger partial charge is 0.483 e. The molecule has 2 aromatic carbocycles. The summed E-state index contributed by atoms with van der Waals surface area (Å²) in [6, 6.07) is 15.7. The lowest BCUT2D eigenvalue weighted by atomic mass is 10.2.